The fourth-order valence-electron chi connectivity index (χ4n) is 0.946. The van der Waals surface area contributed by atoms with Gasteiger partial charge < -0.3 is 10.1 Å². The molecule has 4 heteroatoms. The van der Waals surface area contributed by atoms with Crippen molar-refractivity contribution in [3.8, 4) is 5.88 Å². The first-order valence-corrected chi connectivity index (χ1v) is 3.79. The molecule has 0 spiro atoms. The second-order valence-electron chi connectivity index (χ2n) is 2.30. The van der Waals surface area contributed by atoms with Crippen molar-refractivity contribution < 1.29 is 4.74 Å². The van der Waals surface area contributed by atoms with Gasteiger partial charge in [0, 0.05) is 12.6 Å². The number of methoxy groups -OCH3 is 1. The number of aromatic nitrogens is 1. The summed E-state index contributed by atoms with van der Waals surface area (Å²) in [5, 5.41) is 3.06. The smallest absolute Gasteiger partial charge is 0.250 e. The van der Waals surface area contributed by atoms with E-state index in [-0.39, 0.29) is 5.56 Å². The molecule has 0 saturated carbocycles. The van der Waals surface area contributed by atoms with Gasteiger partial charge in [-0.15, -0.1) is 0 Å². The molecular formula is C8H12N2O2. The third kappa shape index (κ3) is 1.78. The van der Waals surface area contributed by atoms with Gasteiger partial charge in [-0.05, 0) is 13.0 Å². The van der Waals surface area contributed by atoms with Crippen molar-refractivity contribution >= 4 is 5.69 Å². The minimum Gasteiger partial charge on any atom is -0.481 e. The van der Waals surface area contributed by atoms with Gasteiger partial charge in [0.25, 0.3) is 5.56 Å². The quantitative estimate of drug-likeness (QED) is 0.702. The molecule has 0 amide bonds. The third-order valence-corrected chi connectivity index (χ3v) is 1.45. The molecule has 0 atom stereocenters. The number of pyridine rings is 1. The summed E-state index contributed by atoms with van der Waals surface area (Å²) in [5.41, 5.74) is 0.646. The van der Waals surface area contributed by atoms with Gasteiger partial charge in [-0.3, -0.25) is 9.78 Å². The zero-order valence-corrected chi connectivity index (χ0v) is 7.18. The molecule has 1 rings (SSSR count). The van der Waals surface area contributed by atoms with Gasteiger partial charge >= 0.3 is 0 Å². The van der Waals surface area contributed by atoms with Gasteiger partial charge in [0.1, 0.15) is 0 Å². The number of H-pyrrole nitrogens is 1. The molecule has 0 bridgehead atoms. The van der Waals surface area contributed by atoms with Crippen molar-refractivity contribution in [3.05, 3.63) is 22.5 Å². The van der Waals surface area contributed by atoms with Crippen LogP contribution in [0.15, 0.2) is 16.9 Å². The Morgan fingerprint density at radius 1 is 1.58 bits per heavy atom. The molecular weight excluding hydrogens is 156 g/mol. The summed E-state index contributed by atoms with van der Waals surface area (Å²) < 4.78 is 4.96. The van der Waals surface area contributed by atoms with Gasteiger partial charge in [0.15, 0.2) is 0 Å². The van der Waals surface area contributed by atoms with E-state index in [9.17, 15) is 4.79 Å². The first-order chi connectivity index (χ1) is 5.77. The van der Waals surface area contributed by atoms with Crippen molar-refractivity contribution in [2.45, 2.75) is 6.92 Å². The van der Waals surface area contributed by atoms with Gasteiger partial charge in [-0.25, -0.2) is 0 Å². The van der Waals surface area contributed by atoms with Gasteiger partial charge in [-0.2, -0.15) is 0 Å². The maximum absolute atomic E-state index is 10.8. The molecule has 12 heavy (non-hydrogen) atoms. The van der Waals surface area contributed by atoms with E-state index >= 15 is 0 Å². The Labute approximate surface area is 70.6 Å². The van der Waals surface area contributed by atoms with E-state index in [4.69, 9.17) is 4.74 Å². The number of nitrogens with one attached hydrogen (secondary N) is 2. The Bertz CT molecular complexity index is 306. The van der Waals surface area contributed by atoms with E-state index in [0.29, 0.717) is 5.88 Å². The Balaban J connectivity index is 3.02. The molecule has 4 nitrogen and oxygen atoms in total. The van der Waals surface area contributed by atoms with Crippen LogP contribution in [0.4, 0.5) is 5.69 Å². The normalized spacial score (nSPS) is 9.50. The van der Waals surface area contributed by atoms with E-state index in [1.807, 2.05) is 6.92 Å². The second kappa shape index (κ2) is 3.80. The predicted octanol–water partition coefficient (Wildman–Crippen LogP) is 0.815. The van der Waals surface area contributed by atoms with Crippen LogP contribution in [-0.4, -0.2) is 18.6 Å². The average Bonchev–Trinajstić information content (AvgIpc) is 2.08. The molecule has 2 N–H and O–H groups in total. The third-order valence-electron chi connectivity index (χ3n) is 1.45. The molecule has 0 saturated heterocycles. The van der Waals surface area contributed by atoms with Crippen LogP contribution in [0.2, 0.25) is 0 Å². The molecule has 1 aromatic heterocycles. The number of ether oxygens (including phenoxy) is 1. The lowest BCUT2D eigenvalue weighted by molar-refractivity contribution is 0.398. The number of aromatic amines is 1. The fourth-order valence-corrected chi connectivity index (χ4v) is 0.946. The van der Waals surface area contributed by atoms with Crippen LogP contribution >= 0.6 is 0 Å². The van der Waals surface area contributed by atoms with E-state index in [1.54, 1.807) is 6.07 Å². The highest BCUT2D eigenvalue weighted by Crippen LogP contribution is 2.17. The summed E-state index contributed by atoms with van der Waals surface area (Å²) in [4.78, 5) is 13.4. The lowest BCUT2D eigenvalue weighted by Gasteiger charge is -2.07. The molecule has 0 aliphatic rings. The largest absolute Gasteiger partial charge is 0.481 e. The van der Waals surface area contributed by atoms with Crippen molar-refractivity contribution in [3.63, 3.8) is 0 Å². The van der Waals surface area contributed by atoms with Gasteiger partial charge in [0.2, 0.25) is 5.88 Å². The maximum atomic E-state index is 10.8. The number of hydrogen-bond donors (Lipinski definition) is 2. The van der Waals surface area contributed by atoms with Crippen LogP contribution < -0.4 is 15.6 Å². The van der Waals surface area contributed by atoms with Crippen molar-refractivity contribution in [1.82, 2.24) is 4.98 Å². The van der Waals surface area contributed by atoms with Crippen LogP contribution in [0.3, 0.4) is 0 Å². The van der Waals surface area contributed by atoms with Crippen LogP contribution in [0.5, 0.6) is 5.88 Å². The number of rotatable bonds is 3. The summed E-state index contributed by atoms with van der Waals surface area (Å²) in [6, 6.07) is 3.15. The SMILES string of the molecule is CCNc1ccc(=O)[nH]c1OC. The lowest BCUT2D eigenvalue weighted by atomic mass is 10.4. The first-order valence-electron chi connectivity index (χ1n) is 3.79. The zero-order valence-electron chi connectivity index (χ0n) is 7.18. The topological polar surface area (TPSA) is 54.1 Å². The predicted molar refractivity (Wildman–Crippen MR) is 47.8 cm³/mol. The van der Waals surface area contributed by atoms with Crippen LogP contribution in [0.1, 0.15) is 6.92 Å². The molecule has 66 valence electrons. The van der Waals surface area contributed by atoms with Gasteiger partial charge in [-0.1, -0.05) is 0 Å². The average molecular weight is 168 g/mol. The highest BCUT2D eigenvalue weighted by atomic mass is 16.5. The Morgan fingerprint density at radius 3 is 2.92 bits per heavy atom. The highest BCUT2D eigenvalue weighted by Gasteiger charge is 2.00. The second-order valence-corrected chi connectivity index (χ2v) is 2.30. The van der Waals surface area contributed by atoms with Crippen LogP contribution in [0.25, 0.3) is 0 Å². The van der Waals surface area contributed by atoms with E-state index in [2.05, 4.69) is 10.3 Å². The van der Waals surface area contributed by atoms with Crippen LogP contribution in [0, 0.1) is 0 Å². The summed E-state index contributed by atoms with van der Waals surface area (Å²) in [6.45, 7) is 2.77. The van der Waals surface area contributed by atoms with Crippen molar-refractivity contribution in [2.75, 3.05) is 19.0 Å². The summed E-state index contributed by atoms with van der Waals surface area (Å²) in [7, 11) is 1.52. The number of anilines is 1. The maximum Gasteiger partial charge on any atom is 0.250 e. The monoisotopic (exact) mass is 168 g/mol. The minimum atomic E-state index is -0.159. The van der Waals surface area contributed by atoms with E-state index in [1.165, 1.54) is 13.2 Å². The Morgan fingerprint density at radius 2 is 2.33 bits per heavy atom. The zero-order chi connectivity index (χ0) is 8.97. The molecule has 0 unspecified atom stereocenters. The standard InChI is InChI=1S/C8H12N2O2/c1-3-9-6-4-5-7(11)10-8(6)12-2/h4-5,9H,3H2,1-2H3,(H,10,11). The van der Waals surface area contributed by atoms with Gasteiger partial charge in [0.05, 0.1) is 12.8 Å². The summed E-state index contributed by atoms with van der Waals surface area (Å²) >= 11 is 0. The molecule has 0 fully saturated rings. The Hall–Kier alpha value is -1.45. The minimum absolute atomic E-state index is 0.159. The van der Waals surface area contributed by atoms with E-state index < -0.39 is 0 Å². The Kier molecular flexibility index (Phi) is 2.74. The molecule has 0 aromatic carbocycles. The van der Waals surface area contributed by atoms with Crippen molar-refractivity contribution in [2.24, 2.45) is 0 Å². The number of hydrogen-bond acceptors (Lipinski definition) is 3. The molecule has 1 heterocycles. The molecule has 0 radical (unpaired) electrons. The molecule has 0 aliphatic heterocycles. The first kappa shape index (κ1) is 8.64. The fraction of sp³-hybridized carbons (Fsp3) is 0.375. The molecule has 1 aromatic rings. The van der Waals surface area contributed by atoms with E-state index in [0.717, 1.165) is 12.2 Å². The summed E-state index contributed by atoms with van der Waals surface area (Å²) in [5.74, 6) is 0.476. The van der Waals surface area contributed by atoms with Crippen LogP contribution in [-0.2, 0) is 0 Å². The lowest BCUT2D eigenvalue weighted by Crippen LogP contribution is -2.08. The molecule has 0 aliphatic carbocycles. The summed E-state index contributed by atoms with van der Waals surface area (Å²) in [6.07, 6.45) is 0. The highest BCUT2D eigenvalue weighted by molar-refractivity contribution is 5.51. The van der Waals surface area contributed by atoms with Crippen molar-refractivity contribution in [1.29, 1.82) is 0 Å².